The van der Waals surface area contributed by atoms with E-state index in [1.807, 2.05) is 28.6 Å². The second kappa shape index (κ2) is 8.07. The molecule has 1 fully saturated rings. The number of rotatable bonds is 5. The zero-order chi connectivity index (χ0) is 22.4. The maximum Gasteiger partial charge on any atom is 0.250 e. The van der Waals surface area contributed by atoms with Crippen LogP contribution < -0.4 is 4.43 Å². The van der Waals surface area contributed by atoms with Crippen molar-refractivity contribution in [3.05, 3.63) is 30.2 Å². The summed E-state index contributed by atoms with van der Waals surface area (Å²) in [6.45, 7) is 11.9. The van der Waals surface area contributed by atoms with Gasteiger partial charge in [-0.2, -0.15) is 5.10 Å². The lowest BCUT2D eigenvalue weighted by molar-refractivity contribution is -0.0365. The van der Waals surface area contributed by atoms with Gasteiger partial charge in [-0.1, -0.05) is 20.8 Å². The number of aliphatic hydroxyl groups is 1. The van der Waals surface area contributed by atoms with E-state index in [1.54, 1.807) is 0 Å². The smallest absolute Gasteiger partial charge is 0.250 e. The Bertz CT molecular complexity index is 1070. The Morgan fingerprint density at radius 3 is 2.65 bits per heavy atom. The molecule has 3 heterocycles. The van der Waals surface area contributed by atoms with Crippen LogP contribution in [0.4, 0.5) is 0 Å². The highest BCUT2D eigenvalue weighted by Crippen LogP contribution is 2.39. The first-order valence-corrected chi connectivity index (χ1v) is 14.0. The molecule has 0 spiro atoms. The van der Waals surface area contributed by atoms with Crippen LogP contribution in [0.1, 0.15) is 52.1 Å². The lowest BCUT2D eigenvalue weighted by atomic mass is 10.1. The summed E-state index contributed by atoms with van der Waals surface area (Å²) < 4.78 is 16.4. The van der Waals surface area contributed by atoms with Crippen LogP contribution in [0.3, 0.4) is 0 Å². The molecule has 2 aromatic heterocycles. The molecule has 3 aromatic rings. The zero-order valence-corrected chi connectivity index (χ0v) is 20.5. The summed E-state index contributed by atoms with van der Waals surface area (Å²) in [5.74, 6) is 1.48. The lowest BCUT2D eigenvalue weighted by Crippen LogP contribution is -2.43. The molecule has 31 heavy (non-hydrogen) atoms. The Morgan fingerprint density at radius 2 is 2.03 bits per heavy atom. The standard InChI is InChI=1S/C23H34N4O3Si/c1-23(2,3)31(5,6)30-16-10-11-19-17(13-16)22(18-14-26(4)20(15-28)24-18)25-27(19)21-9-7-8-12-29-21/h10-11,13-14,21,28H,7-9,12,15H2,1-6H3. The first kappa shape index (κ1) is 22.0. The van der Waals surface area contributed by atoms with Gasteiger partial charge in [-0.3, -0.25) is 0 Å². The molecule has 0 bridgehead atoms. The number of ether oxygens (including phenoxy) is 1. The van der Waals surface area contributed by atoms with E-state index in [2.05, 4.69) is 51.0 Å². The highest BCUT2D eigenvalue weighted by molar-refractivity contribution is 6.74. The predicted molar refractivity (Wildman–Crippen MR) is 125 cm³/mol. The number of aromatic nitrogens is 4. The van der Waals surface area contributed by atoms with Crippen molar-refractivity contribution in [1.82, 2.24) is 19.3 Å². The fourth-order valence-electron chi connectivity index (χ4n) is 3.72. The largest absolute Gasteiger partial charge is 0.543 e. The predicted octanol–water partition coefficient (Wildman–Crippen LogP) is 5.01. The molecule has 168 valence electrons. The van der Waals surface area contributed by atoms with Crippen LogP contribution in [0.5, 0.6) is 5.75 Å². The van der Waals surface area contributed by atoms with Crippen molar-refractivity contribution in [2.75, 3.05) is 6.61 Å². The molecular formula is C23H34N4O3Si. The quantitative estimate of drug-likeness (QED) is 0.562. The van der Waals surface area contributed by atoms with E-state index in [4.69, 9.17) is 14.3 Å². The Balaban J connectivity index is 1.83. The lowest BCUT2D eigenvalue weighted by Gasteiger charge is -2.36. The molecule has 1 unspecified atom stereocenters. The van der Waals surface area contributed by atoms with Gasteiger partial charge in [-0.25, -0.2) is 9.67 Å². The maximum absolute atomic E-state index is 9.60. The van der Waals surface area contributed by atoms with Crippen molar-refractivity contribution >= 4 is 19.2 Å². The van der Waals surface area contributed by atoms with Crippen LogP contribution in [0.25, 0.3) is 22.3 Å². The highest BCUT2D eigenvalue weighted by atomic mass is 28.4. The topological polar surface area (TPSA) is 74.3 Å². The third-order valence-corrected chi connectivity index (χ3v) is 11.0. The molecular weight excluding hydrogens is 408 g/mol. The average Bonchev–Trinajstić information content (AvgIpc) is 3.27. The number of imidazole rings is 1. The Labute approximate surface area is 185 Å². The normalized spacial score (nSPS) is 18.0. The number of hydrogen-bond donors (Lipinski definition) is 1. The number of nitrogens with zero attached hydrogens (tertiary/aromatic N) is 4. The summed E-state index contributed by atoms with van der Waals surface area (Å²) in [5.41, 5.74) is 2.55. The third-order valence-electron chi connectivity index (χ3n) is 6.64. The van der Waals surface area contributed by atoms with E-state index in [0.29, 0.717) is 5.82 Å². The van der Waals surface area contributed by atoms with E-state index in [1.165, 1.54) is 0 Å². The molecule has 1 aliphatic rings. The molecule has 1 saturated heterocycles. The van der Waals surface area contributed by atoms with Crippen LogP contribution in [-0.4, -0.2) is 39.4 Å². The van der Waals surface area contributed by atoms with Crippen LogP contribution in [-0.2, 0) is 18.4 Å². The molecule has 0 radical (unpaired) electrons. The van der Waals surface area contributed by atoms with Gasteiger partial charge in [-0.05, 0) is 55.6 Å². The second-order valence-electron chi connectivity index (χ2n) is 9.97. The second-order valence-corrected chi connectivity index (χ2v) is 14.7. The molecule has 1 atom stereocenters. The highest BCUT2D eigenvalue weighted by Gasteiger charge is 2.39. The van der Waals surface area contributed by atoms with Crippen molar-refractivity contribution < 1.29 is 14.3 Å². The van der Waals surface area contributed by atoms with E-state index < -0.39 is 8.32 Å². The van der Waals surface area contributed by atoms with E-state index >= 15 is 0 Å². The minimum Gasteiger partial charge on any atom is -0.543 e. The Hall–Kier alpha value is -2.16. The fourth-order valence-corrected chi connectivity index (χ4v) is 4.74. The van der Waals surface area contributed by atoms with Gasteiger partial charge in [0, 0.05) is 25.2 Å². The number of fused-ring (bicyclic) bond motifs is 1. The monoisotopic (exact) mass is 442 g/mol. The van der Waals surface area contributed by atoms with E-state index in [9.17, 15) is 5.11 Å². The summed E-state index contributed by atoms with van der Waals surface area (Å²) in [6.07, 6.45) is 5.01. The van der Waals surface area contributed by atoms with Crippen molar-refractivity contribution in [2.24, 2.45) is 7.05 Å². The third kappa shape index (κ3) is 4.16. The first-order chi connectivity index (χ1) is 14.6. The zero-order valence-electron chi connectivity index (χ0n) is 19.5. The number of aliphatic hydroxyl groups excluding tert-OH is 1. The molecule has 0 saturated carbocycles. The van der Waals surface area contributed by atoms with Gasteiger partial charge in [0.2, 0.25) is 8.32 Å². The summed E-state index contributed by atoms with van der Waals surface area (Å²) >= 11 is 0. The molecule has 0 amide bonds. The van der Waals surface area contributed by atoms with Crippen molar-refractivity contribution in [3.63, 3.8) is 0 Å². The number of hydrogen-bond acceptors (Lipinski definition) is 5. The summed E-state index contributed by atoms with van der Waals surface area (Å²) in [4.78, 5) is 4.61. The molecule has 1 aliphatic heterocycles. The first-order valence-electron chi connectivity index (χ1n) is 11.1. The molecule has 4 rings (SSSR count). The molecule has 0 aliphatic carbocycles. The summed E-state index contributed by atoms with van der Waals surface area (Å²) in [6, 6.07) is 6.22. The van der Waals surface area contributed by atoms with Gasteiger partial charge in [0.1, 0.15) is 29.6 Å². The molecule has 1 N–H and O–H groups in total. The Morgan fingerprint density at radius 1 is 1.26 bits per heavy atom. The number of benzene rings is 1. The van der Waals surface area contributed by atoms with Crippen molar-refractivity contribution in [2.45, 2.75) is 71.0 Å². The van der Waals surface area contributed by atoms with E-state index in [-0.39, 0.29) is 17.9 Å². The summed E-state index contributed by atoms with van der Waals surface area (Å²) in [7, 11) is -0.0841. The van der Waals surface area contributed by atoms with Crippen molar-refractivity contribution in [3.8, 4) is 17.1 Å². The number of aryl methyl sites for hydroxylation is 1. The minimum absolute atomic E-state index is 0.0711. The van der Waals surface area contributed by atoms with Crippen LogP contribution in [0.2, 0.25) is 18.1 Å². The average molecular weight is 443 g/mol. The van der Waals surface area contributed by atoms with Crippen molar-refractivity contribution in [1.29, 1.82) is 0 Å². The van der Waals surface area contributed by atoms with Gasteiger partial charge in [0.05, 0.1) is 5.52 Å². The van der Waals surface area contributed by atoms with Gasteiger partial charge >= 0.3 is 0 Å². The minimum atomic E-state index is -1.97. The maximum atomic E-state index is 9.60. The van der Waals surface area contributed by atoms with Crippen LogP contribution >= 0.6 is 0 Å². The van der Waals surface area contributed by atoms with E-state index in [0.717, 1.165) is 53.9 Å². The Kier molecular flexibility index (Phi) is 5.74. The fraction of sp³-hybridized carbons (Fsp3) is 0.565. The van der Waals surface area contributed by atoms with Gasteiger partial charge in [0.25, 0.3) is 0 Å². The summed E-state index contributed by atoms with van der Waals surface area (Å²) in [5, 5.41) is 15.7. The van der Waals surface area contributed by atoms with Gasteiger partial charge in [0.15, 0.2) is 6.23 Å². The van der Waals surface area contributed by atoms with Crippen LogP contribution in [0.15, 0.2) is 24.4 Å². The SMILES string of the molecule is Cn1cc(-c2nn(C3CCCCO3)c3ccc(O[Si](C)(C)C(C)(C)C)cc23)nc1CO. The molecule has 1 aromatic carbocycles. The molecule has 7 nitrogen and oxygen atoms in total. The van der Waals surface area contributed by atoms with Gasteiger partial charge < -0.3 is 18.8 Å². The van der Waals surface area contributed by atoms with Gasteiger partial charge in [-0.15, -0.1) is 0 Å². The van der Waals surface area contributed by atoms with Crippen LogP contribution in [0, 0.1) is 0 Å². The molecule has 8 heteroatoms.